The second-order valence-corrected chi connectivity index (χ2v) is 6.25. The van der Waals surface area contributed by atoms with E-state index in [0.717, 1.165) is 12.0 Å². The number of nitrogens with zero attached hydrogens (tertiary/aromatic N) is 2. The minimum absolute atomic E-state index is 0.101. The summed E-state index contributed by atoms with van der Waals surface area (Å²) < 4.78 is 18.6. The van der Waals surface area contributed by atoms with Crippen molar-refractivity contribution >= 4 is 11.6 Å². The maximum atomic E-state index is 13.3. The summed E-state index contributed by atoms with van der Waals surface area (Å²) >= 11 is 0. The van der Waals surface area contributed by atoms with E-state index < -0.39 is 0 Å². The predicted octanol–water partition coefficient (Wildman–Crippen LogP) is 4.95. The first kappa shape index (κ1) is 22.5. The highest BCUT2D eigenvalue weighted by atomic mass is 19.1. The van der Waals surface area contributed by atoms with Gasteiger partial charge in [0.15, 0.2) is 0 Å². The summed E-state index contributed by atoms with van der Waals surface area (Å²) in [4.78, 5) is 6.78. The molecule has 0 fully saturated rings. The lowest BCUT2D eigenvalue weighted by Crippen LogP contribution is -2.38. The van der Waals surface area contributed by atoms with E-state index in [1.165, 1.54) is 19.2 Å². The van der Waals surface area contributed by atoms with Crippen molar-refractivity contribution < 1.29 is 9.13 Å². The van der Waals surface area contributed by atoms with Crippen molar-refractivity contribution in [1.82, 2.24) is 10.2 Å². The molecule has 0 radical (unpaired) electrons. The molecular weight excluding hydrogens is 343 g/mol. The van der Waals surface area contributed by atoms with Gasteiger partial charge in [0, 0.05) is 19.3 Å². The number of allylic oxidation sites excluding steroid dienone is 1. The molecule has 1 heterocycles. The van der Waals surface area contributed by atoms with Crippen LogP contribution in [0.5, 0.6) is 5.75 Å². The van der Waals surface area contributed by atoms with Gasteiger partial charge >= 0.3 is 0 Å². The highest BCUT2D eigenvalue weighted by molar-refractivity contribution is 5.96. The quantitative estimate of drug-likeness (QED) is 0.737. The number of ether oxygens (including phenoxy) is 1. The second-order valence-electron chi connectivity index (χ2n) is 6.25. The van der Waals surface area contributed by atoms with Crippen LogP contribution in [0, 0.1) is 11.7 Å². The highest BCUT2D eigenvalue weighted by Gasteiger charge is 2.19. The van der Waals surface area contributed by atoms with Gasteiger partial charge in [-0.1, -0.05) is 40.2 Å². The zero-order valence-corrected chi connectivity index (χ0v) is 17.5. The average Bonchev–Trinajstić information content (AvgIpc) is 2.69. The molecule has 2 atom stereocenters. The lowest BCUT2D eigenvalue weighted by atomic mass is 10.1. The molecule has 6 heteroatoms. The smallest absolute Gasteiger partial charge is 0.202 e. The molecule has 27 heavy (non-hydrogen) atoms. The fraction of sp³-hybridized carbons (Fsp3) is 0.476. The van der Waals surface area contributed by atoms with Crippen molar-refractivity contribution in [2.45, 2.75) is 47.2 Å². The van der Waals surface area contributed by atoms with Gasteiger partial charge in [0.2, 0.25) is 5.96 Å². The molecule has 1 aliphatic heterocycles. The van der Waals surface area contributed by atoms with Gasteiger partial charge in [0.05, 0.1) is 12.8 Å². The number of rotatable bonds is 6. The Bertz CT molecular complexity index is 685. The zero-order valence-electron chi connectivity index (χ0n) is 17.5. The van der Waals surface area contributed by atoms with Crippen molar-refractivity contribution in [3.63, 3.8) is 0 Å². The normalized spacial score (nSPS) is 17.1. The number of aliphatic imine (C=N–C) groups is 1. The average molecular weight is 377 g/mol. The molecule has 0 saturated carbocycles. The first-order valence-electron chi connectivity index (χ1n) is 9.46. The number of nitrogens with one attached hydrogen (secondary N) is 2. The summed E-state index contributed by atoms with van der Waals surface area (Å²) in [6.45, 7) is 10.4. The number of guanidine groups is 1. The zero-order chi connectivity index (χ0) is 20.4. The van der Waals surface area contributed by atoms with E-state index in [0.29, 0.717) is 23.3 Å². The molecular formula is C21H33FN4O. The predicted molar refractivity (Wildman–Crippen MR) is 112 cm³/mol. The molecule has 5 nitrogen and oxygen atoms in total. The number of hydrogen-bond donors (Lipinski definition) is 2. The van der Waals surface area contributed by atoms with Gasteiger partial charge in [0.1, 0.15) is 17.7 Å². The van der Waals surface area contributed by atoms with Crippen LogP contribution in [-0.4, -0.2) is 31.2 Å². The van der Waals surface area contributed by atoms with E-state index in [4.69, 9.17) is 9.73 Å². The molecule has 0 aliphatic carbocycles. The Labute approximate surface area is 163 Å². The van der Waals surface area contributed by atoms with Crippen LogP contribution in [0.2, 0.25) is 0 Å². The maximum absolute atomic E-state index is 13.3. The van der Waals surface area contributed by atoms with Crippen molar-refractivity contribution in [1.29, 1.82) is 0 Å². The fourth-order valence-electron chi connectivity index (χ4n) is 2.39. The van der Waals surface area contributed by atoms with E-state index in [1.54, 1.807) is 6.07 Å². The number of benzene rings is 1. The Morgan fingerprint density at radius 2 is 2.11 bits per heavy atom. The number of halogens is 1. The Morgan fingerprint density at radius 3 is 2.74 bits per heavy atom. The minimum Gasteiger partial charge on any atom is -0.494 e. The summed E-state index contributed by atoms with van der Waals surface area (Å²) in [6, 6.07) is 4.35. The van der Waals surface area contributed by atoms with Crippen LogP contribution >= 0.6 is 0 Å². The number of anilines is 1. The number of hydrogen-bond acceptors (Lipinski definition) is 5. The largest absolute Gasteiger partial charge is 0.494 e. The molecule has 1 aromatic rings. The van der Waals surface area contributed by atoms with Gasteiger partial charge in [-0.3, -0.25) is 0 Å². The molecule has 1 aliphatic rings. The van der Waals surface area contributed by atoms with Crippen LogP contribution in [-0.2, 0) is 0 Å². The molecule has 2 N–H and O–H groups in total. The lowest BCUT2D eigenvalue weighted by molar-refractivity contribution is 0.372. The summed E-state index contributed by atoms with van der Waals surface area (Å²) in [5, 5.41) is 6.28. The molecule has 2 unspecified atom stereocenters. The number of methoxy groups -OCH3 is 1. The highest BCUT2D eigenvalue weighted by Crippen LogP contribution is 2.25. The standard InChI is InChI=1S/C19H27FN4O.C2H6/c1-6-13(2)9-10-24(4)18-14(3)12-21-19(23-18)22-16-8-7-15(20)11-17(16)25-5;1-2/h7-13,18H,6H2,1-5H3,(H2,21,22,23);1-2H3/b10-9-;. The lowest BCUT2D eigenvalue weighted by Gasteiger charge is -2.29. The molecule has 0 saturated heterocycles. The van der Waals surface area contributed by atoms with E-state index in [9.17, 15) is 4.39 Å². The molecule has 1 aromatic carbocycles. The summed E-state index contributed by atoms with van der Waals surface area (Å²) in [7, 11) is 3.52. The Morgan fingerprint density at radius 1 is 1.41 bits per heavy atom. The van der Waals surface area contributed by atoms with Crippen LogP contribution in [0.1, 0.15) is 41.0 Å². The molecule has 0 amide bonds. The third-order valence-electron chi connectivity index (χ3n) is 4.19. The topological polar surface area (TPSA) is 48.9 Å². The van der Waals surface area contributed by atoms with E-state index in [-0.39, 0.29) is 12.0 Å². The first-order valence-corrected chi connectivity index (χ1v) is 9.46. The van der Waals surface area contributed by atoms with Gasteiger partial charge in [-0.2, -0.15) is 0 Å². The third-order valence-corrected chi connectivity index (χ3v) is 4.19. The molecule has 0 aromatic heterocycles. The molecule has 0 bridgehead atoms. The molecule has 2 rings (SSSR count). The van der Waals surface area contributed by atoms with Gasteiger partial charge in [-0.05, 0) is 36.7 Å². The maximum Gasteiger partial charge on any atom is 0.202 e. The Balaban J connectivity index is 0.00000176. The summed E-state index contributed by atoms with van der Waals surface area (Å²) in [5.41, 5.74) is 1.76. The van der Waals surface area contributed by atoms with Crippen LogP contribution in [0.25, 0.3) is 0 Å². The van der Waals surface area contributed by atoms with Crippen LogP contribution < -0.4 is 15.4 Å². The Kier molecular flexibility index (Phi) is 9.40. The van der Waals surface area contributed by atoms with Crippen molar-refractivity contribution in [2.24, 2.45) is 10.9 Å². The SMILES string of the molecule is CC.CCC(C)/C=C\N(C)C1N=C(Nc2ccc(F)cc2OC)NC=C1C. The molecule has 0 spiro atoms. The van der Waals surface area contributed by atoms with Crippen molar-refractivity contribution in [3.8, 4) is 5.75 Å². The van der Waals surface area contributed by atoms with Gasteiger partial charge in [-0.25, -0.2) is 9.38 Å². The first-order chi connectivity index (χ1) is 12.9. The van der Waals surface area contributed by atoms with Crippen LogP contribution in [0.4, 0.5) is 10.1 Å². The monoisotopic (exact) mass is 376 g/mol. The van der Waals surface area contributed by atoms with Crippen LogP contribution in [0.3, 0.4) is 0 Å². The van der Waals surface area contributed by atoms with Gasteiger partial charge in [0.25, 0.3) is 0 Å². The minimum atomic E-state index is -0.343. The van der Waals surface area contributed by atoms with Gasteiger partial charge in [-0.15, -0.1) is 0 Å². The van der Waals surface area contributed by atoms with Crippen molar-refractivity contribution in [2.75, 3.05) is 19.5 Å². The molecule has 150 valence electrons. The van der Waals surface area contributed by atoms with Gasteiger partial charge < -0.3 is 20.3 Å². The Hall–Kier alpha value is -2.50. The van der Waals surface area contributed by atoms with E-state index in [1.807, 2.05) is 34.0 Å². The second kappa shape index (κ2) is 11.3. The summed E-state index contributed by atoms with van der Waals surface area (Å²) in [6.07, 6.45) is 7.17. The van der Waals surface area contributed by atoms with E-state index >= 15 is 0 Å². The van der Waals surface area contributed by atoms with E-state index in [2.05, 4.69) is 41.7 Å². The third kappa shape index (κ3) is 6.62. The van der Waals surface area contributed by atoms with Crippen molar-refractivity contribution in [3.05, 3.63) is 48.1 Å². The summed E-state index contributed by atoms with van der Waals surface area (Å²) in [5.74, 6) is 1.20. The van der Waals surface area contributed by atoms with Crippen LogP contribution in [0.15, 0.2) is 47.2 Å². The fourth-order valence-corrected chi connectivity index (χ4v) is 2.39. The number of likely N-dealkylation sites (N-methyl/N-ethyl adjacent to an activating group) is 1.